The van der Waals surface area contributed by atoms with Crippen molar-refractivity contribution in [3.63, 3.8) is 0 Å². The molecule has 43 heavy (non-hydrogen) atoms. The molecule has 0 aliphatic rings. The Kier molecular flexibility index (Phi) is 15.3. The maximum atomic E-state index is 12.9. The third-order valence-corrected chi connectivity index (χ3v) is 5.72. The van der Waals surface area contributed by atoms with Crippen LogP contribution < -0.4 is 49.5 Å². The highest BCUT2D eigenvalue weighted by Gasteiger charge is 2.30. The van der Waals surface area contributed by atoms with E-state index < -0.39 is 97.5 Å². The normalized spacial score (nSPS) is 13.3. The van der Waals surface area contributed by atoms with E-state index in [0.717, 1.165) is 0 Å². The van der Waals surface area contributed by atoms with E-state index in [1.165, 1.54) is 0 Å². The zero-order valence-electron chi connectivity index (χ0n) is 23.2. The molecule has 0 bridgehead atoms. The van der Waals surface area contributed by atoms with Crippen LogP contribution in [0.3, 0.4) is 0 Å². The molecule has 4 atom stereocenters. The maximum Gasteiger partial charge on any atom is 0.245 e. The van der Waals surface area contributed by atoms with Crippen molar-refractivity contribution in [2.75, 3.05) is 19.7 Å². The van der Waals surface area contributed by atoms with Crippen LogP contribution in [0.25, 0.3) is 0 Å². The minimum atomic E-state index is -1.62. The van der Waals surface area contributed by atoms with Crippen molar-refractivity contribution in [2.45, 2.75) is 49.9 Å². The van der Waals surface area contributed by atoms with Crippen LogP contribution in [-0.4, -0.2) is 96.2 Å². The molecule has 0 radical (unpaired) electrons. The number of aliphatic hydroxyl groups is 1. The second-order valence-electron chi connectivity index (χ2n) is 9.29. The molecule has 18 nitrogen and oxygen atoms in total. The molecule has 0 aromatic heterocycles. The molecule has 14 N–H and O–H groups in total. The van der Waals surface area contributed by atoms with Crippen molar-refractivity contribution >= 4 is 47.3 Å². The second-order valence-corrected chi connectivity index (χ2v) is 9.29. The molecule has 0 saturated heterocycles. The summed E-state index contributed by atoms with van der Waals surface area (Å²) in [7, 11) is 0. The summed E-state index contributed by atoms with van der Waals surface area (Å²) in [5.74, 6) is -7.02. The van der Waals surface area contributed by atoms with Crippen LogP contribution in [0.4, 0.5) is 0 Å². The minimum absolute atomic E-state index is 0.0198. The number of benzene rings is 1. The average Bonchev–Trinajstić information content (AvgIpc) is 2.95. The zero-order valence-corrected chi connectivity index (χ0v) is 23.2. The number of amides is 8. The van der Waals surface area contributed by atoms with Gasteiger partial charge in [0.2, 0.25) is 47.3 Å². The Labute approximate surface area is 246 Å². The van der Waals surface area contributed by atoms with Crippen molar-refractivity contribution in [1.82, 2.24) is 26.6 Å². The molecule has 0 spiro atoms. The van der Waals surface area contributed by atoms with Crippen LogP contribution >= 0.6 is 0 Å². The summed E-state index contributed by atoms with van der Waals surface area (Å²) >= 11 is 0. The fourth-order valence-corrected chi connectivity index (χ4v) is 3.44. The van der Waals surface area contributed by atoms with Crippen LogP contribution in [0.5, 0.6) is 0 Å². The molecule has 18 heteroatoms. The summed E-state index contributed by atoms with van der Waals surface area (Å²) in [6, 6.07) is 3.07. The lowest BCUT2D eigenvalue weighted by atomic mass is 10.0. The molecule has 0 aliphatic heterocycles. The van der Waals surface area contributed by atoms with Crippen molar-refractivity contribution in [2.24, 2.45) is 22.9 Å². The van der Waals surface area contributed by atoms with Crippen LogP contribution in [-0.2, 0) is 44.8 Å². The van der Waals surface area contributed by atoms with E-state index in [4.69, 9.17) is 22.9 Å². The predicted molar refractivity (Wildman–Crippen MR) is 148 cm³/mol. The smallest absolute Gasteiger partial charge is 0.245 e. The van der Waals surface area contributed by atoms with E-state index >= 15 is 0 Å². The first-order chi connectivity index (χ1) is 20.2. The molecule has 1 rings (SSSR count). The largest absolute Gasteiger partial charge is 0.394 e. The standard InChI is InChI=1S/C25H37N9O9/c26-14(6-7-18(27)36)23(41)31-10-20(38)30-11-21(39)32-17(12-35)25(43)34-16(9-19(28)37)24(42)33-15(22(29)40)8-13-4-2-1-3-5-13/h1-5,14-17,35H,6-12,26H2,(H2,27,36)(H2,28,37)(H2,29,40)(H,30,38)(H,31,41)(H,32,39)(H,33,42)(H,34,43). The van der Waals surface area contributed by atoms with E-state index in [2.05, 4.69) is 26.6 Å². The van der Waals surface area contributed by atoms with E-state index in [-0.39, 0.29) is 19.3 Å². The molecule has 1 aromatic carbocycles. The third kappa shape index (κ3) is 14.4. The van der Waals surface area contributed by atoms with Gasteiger partial charge in [0.15, 0.2) is 0 Å². The molecular formula is C25H37N9O9. The summed E-state index contributed by atoms with van der Waals surface area (Å²) in [4.78, 5) is 95.8. The van der Waals surface area contributed by atoms with Crippen molar-refractivity contribution in [1.29, 1.82) is 0 Å². The van der Waals surface area contributed by atoms with Crippen molar-refractivity contribution in [3.05, 3.63) is 35.9 Å². The van der Waals surface area contributed by atoms with Crippen LogP contribution in [0.1, 0.15) is 24.8 Å². The zero-order chi connectivity index (χ0) is 32.5. The van der Waals surface area contributed by atoms with Gasteiger partial charge in [0.05, 0.1) is 32.2 Å². The summed E-state index contributed by atoms with van der Waals surface area (Å²) in [5, 5.41) is 20.7. The first-order valence-electron chi connectivity index (χ1n) is 12.9. The fraction of sp³-hybridized carbons (Fsp3) is 0.440. The van der Waals surface area contributed by atoms with E-state index in [1.54, 1.807) is 30.3 Å². The Morgan fingerprint density at radius 1 is 0.698 bits per heavy atom. The van der Waals surface area contributed by atoms with Gasteiger partial charge in [0.1, 0.15) is 18.1 Å². The number of hydrogen-bond acceptors (Lipinski definition) is 10. The van der Waals surface area contributed by atoms with Gasteiger partial charge >= 0.3 is 0 Å². The molecule has 0 heterocycles. The Hall–Kier alpha value is -5.10. The number of nitrogens with two attached hydrogens (primary N) is 4. The summed E-state index contributed by atoms with van der Waals surface area (Å²) in [5.41, 5.74) is 21.8. The summed E-state index contributed by atoms with van der Waals surface area (Å²) in [6.45, 7) is -2.16. The first-order valence-corrected chi connectivity index (χ1v) is 12.9. The van der Waals surface area contributed by atoms with Gasteiger partial charge in [0, 0.05) is 12.8 Å². The van der Waals surface area contributed by atoms with Crippen LogP contribution in [0.2, 0.25) is 0 Å². The summed E-state index contributed by atoms with van der Waals surface area (Å²) in [6.07, 6.45) is -0.825. The molecule has 0 fully saturated rings. The lowest BCUT2D eigenvalue weighted by Crippen LogP contribution is -2.58. The van der Waals surface area contributed by atoms with Gasteiger partial charge in [-0.3, -0.25) is 38.4 Å². The Morgan fingerprint density at radius 2 is 1.28 bits per heavy atom. The molecule has 1 aromatic rings. The van der Waals surface area contributed by atoms with E-state index in [9.17, 15) is 43.5 Å². The Balaban J connectivity index is 2.68. The topological polar surface area (TPSA) is 321 Å². The van der Waals surface area contributed by atoms with Crippen LogP contribution in [0.15, 0.2) is 30.3 Å². The highest BCUT2D eigenvalue weighted by atomic mass is 16.3. The van der Waals surface area contributed by atoms with Gasteiger partial charge < -0.3 is 54.6 Å². The predicted octanol–water partition coefficient (Wildman–Crippen LogP) is -6.14. The number of hydrogen-bond donors (Lipinski definition) is 10. The molecule has 4 unspecified atom stereocenters. The maximum absolute atomic E-state index is 12.9. The average molecular weight is 608 g/mol. The van der Waals surface area contributed by atoms with Gasteiger partial charge in [-0.05, 0) is 12.0 Å². The molecular weight excluding hydrogens is 570 g/mol. The van der Waals surface area contributed by atoms with E-state index in [0.29, 0.717) is 5.56 Å². The number of aliphatic hydroxyl groups excluding tert-OH is 1. The number of carbonyl (C=O) groups excluding carboxylic acids is 8. The van der Waals surface area contributed by atoms with Gasteiger partial charge in [-0.2, -0.15) is 0 Å². The van der Waals surface area contributed by atoms with E-state index in [1.807, 2.05) is 0 Å². The quantitative estimate of drug-likeness (QED) is 0.0709. The van der Waals surface area contributed by atoms with Gasteiger partial charge in [-0.15, -0.1) is 0 Å². The van der Waals surface area contributed by atoms with Crippen LogP contribution in [0, 0.1) is 0 Å². The SMILES string of the molecule is NC(=O)CCC(N)C(=O)NCC(=O)NCC(=O)NC(CO)C(=O)NC(CC(N)=O)C(=O)NC(Cc1ccccc1)C(N)=O. The molecule has 0 saturated carbocycles. The number of rotatable bonds is 19. The molecule has 0 aliphatic carbocycles. The Morgan fingerprint density at radius 3 is 1.84 bits per heavy atom. The van der Waals surface area contributed by atoms with Gasteiger partial charge in [-0.1, -0.05) is 30.3 Å². The minimum Gasteiger partial charge on any atom is -0.394 e. The van der Waals surface area contributed by atoms with Gasteiger partial charge in [0.25, 0.3) is 0 Å². The first kappa shape index (κ1) is 35.9. The number of nitrogens with one attached hydrogen (secondary N) is 5. The number of carbonyl (C=O) groups is 8. The monoisotopic (exact) mass is 607 g/mol. The van der Waals surface area contributed by atoms with Gasteiger partial charge in [-0.25, -0.2) is 0 Å². The van der Waals surface area contributed by atoms with Crippen molar-refractivity contribution < 1.29 is 43.5 Å². The molecule has 8 amide bonds. The Bertz CT molecular complexity index is 1180. The summed E-state index contributed by atoms with van der Waals surface area (Å²) < 4.78 is 0. The second kappa shape index (κ2) is 18.4. The highest BCUT2D eigenvalue weighted by Crippen LogP contribution is 2.04. The lowest BCUT2D eigenvalue weighted by molar-refractivity contribution is -0.135. The lowest BCUT2D eigenvalue weighted by Gasteiger charge is -2.23. The number of primary amides is 3. The highest BCUT2D eigenvalue weighted by molar-refractivity contribution is 5.97. The fourth-order valence-electron chi connectivity index (χ4n) is 3.44. The molecule has 236 valence electrons. The third-order valence-electron chi connectivity index (χ3n) is 5.72. The van der Waals surface area contributed by atoms with Crippen molar-refractivity contribution in [3.8, 4) is 0 Å².